The molecule has 5 heterocycles. The van der Waals surface area contributed by atoms with E-state index in [0.29, 0.717) is 13.0 Å². The number of anilines is 2. The molecule has 0 radical (unpaired) electrons. The van der Waals surface area contributed by atoms with Gasteiger partial charge in [0.15, 0.2) is 11.6 Å². The molecule has 5 aliphatic rings. The lowest BCUT2D eigenvalue weighted by molar-refractivity contribution is 0.0253. The van der Waals surface area contributed by atoms with Crippen LogP contribution in [0.1, 0.15) is 43.2 Å². The first-order valence-corrected chi connectivity index (χ1v) is 16.5. The van der Waals surface area contributed by atoms with Gasteiger partial charge in [-0.25, -0.2) is 26.9 Å². The number of halogens is 6. The van der Waals surface area contributed by atoms with Crippen LogP contribution in [0, 0.1) is 28.9 Å². The maximum absolute atomic E-state index is 17.1. The Labute approximate surface area is 275 Å². The summed E-state index contributed by atoms with van der Waals surface area (Å²) in [6, 6.07) is 4.45. The van der Waals surface area contributed by atoms with E-state index in [-0.39, 0.29) is 85.3 Å². The average molecular weight is 691 g/mol. The summed E-state index contributed by atoms with van der Waals surface area (Å²) in [5.74, 6) is -2.18. The minimum Gasteiger partial charge on any atom is -0.462 e. The summed E-state index contributed by atoms with van der Waals surface area (Å²) in [6.45, 7) is 0.186. The zero-order chi connectivity index (χ0) is 32.8. The standard InChI is InChI=1S/C32H28ClF5N6O2S/c33-24-22(16-4-5-18(35)28-21(16)17(9-39)29(40)47-28)25(38)27-23-26(24)41-30(14-2-3-14)42-31(23)43(11-19(36)37)12-20(46-27)45-13-32-6-1-7-44(32)10-15(34)8-32/h4-5,12,14-15,19,30,41H,1-3,6-8,10-11,13,40H2/t15-,30?,32+/m1/s1. The maximum atomic E-state index is 17.1. The number of rotatable bonds is 7. The van der Waals surface area contributed by atoms with Gasteiger partial charge in [-0.15, -0.1) is 11.3 Å². The molecule has 0 amide bonds. The monoisotopic (exact) mass is 690 g/mol. The van der Waals surface area contributed by atoms with Crippen molar-refractivity contribution in [2.45, 2.75) is 56.4 Å². The van der Waals surface area contributed by atoms with Crippen LogP contribution >= 0.6 is 22.9 Å². The number of nitrogens with zero attached hydrogens (tertiary/aromatic N) is 4. The van der Waals surface area contributed by atoms with E-state index in [1.165, 1.54) is 17.2 Å². The van der Waals surface area contributed by atoms with Crippen molar-refractivity contribution in [1.82, 2.24) is 9.80 Å². The molecule has 0 spiro atoms. The van der Waals surface area contributed by atoms with E-state index in [1.54, 1.807) is 0 Å². The van der Waals surface area contributed by atoms with Gasteiger partial charge >= 0.3 is 5.95 Å². The number of aliphatic imine (C=N–C) groups is 1. The number of fused-ring (bicyclic) bond motifs is 2. The Hall–Kier alpha value is -3.80. The molecule has 4 aliphatic heterocycles. The number of nitrogens with one attached hydrogen (secondary N) is 1. The Morgan fingerprint density at radius 1 is 1.28 bits per heavy atom. The van der Waals surface area contributed by atoms with E-state index in [4.69, 9.17) is 31.8 Å². The van der Waals surface area contributed by atoms with Crippen molar-refractivity contribution < 1.29 is 31.4 Å². The second kappa shape index (κ2) is 11.1. The molecule has 2 aromatic carbocycles. The number of amidine groups is 1. The Bertz CT molecular complexity index is 1930. The van der Waals surface area contributed by atoms with Crippen molar-refractivity contribution in [3.8, 4) is 22.9 Å². The third-order valence-electron chi connectivity index (χ3n) is 9.69. The fraction of sp³-hybridized carbons (Fsp3) is 0.438. The summed E-state index contributed by atoms with van der Waals surface area (Å²) in [6.07, 6.45) is 0.309. The first-order chi connectivity index (χ1) is 22.6. The molecule has 47 heavy (non-hydrogen) atoms. The second-order valence-corrected chi connectivity index (χ2v) is 14.1. The lowest BCUT2D eigenvalue weighted by Crippen LogP contribution is -2.42. The maximum Gasteiger partial charge on any atom is 0.302 e. The topological polar surface area (TPSA) is 99.1 Å². The van der Waals surface area contributed by atoms with Gasteiger partial charge in [-0.3, -0.25) is 4.90 Å². The molecule has 15 heteroatoms. The van der Waals surface area contributed by atoms with Gasteiger partial charge in [0.25, 0.3) is 6.43 Å². The number of benzene rings is 2. The van der Waals surface area contributed by atoms with Crippen molar-refractivity contribution in [1.29, 1.82) is 5.26 Å². The smallest absolute Gasteiger partial charge is 0.302 e. The highest BCUT2D eigenvalue weighted by Crippen LogP contribution is 2.52. The normalized spacial score (nSPS) is 25.1. The van der Waals surface area contributed by atoms with Gasteiger partial charge in [-0.1, -0.05) is 17.7 Å². The summed E-state index contributed by atoms with van der Waals surface area (Å²) in [4.78, 5) is 7.96. The second-order valence-electron chi connectivity index (χ2n) is 12.7. The van der Waals surface area contributed by atoms with Crippen molar-refractivity contribution >= 4 is 49.5 Å². The highest BCUT2D eigenvalue weighted by molar-refractivity contribution is 7.23. The number of thiophene rings is 1. The molecule has 1 unspecified atom stereocenters. The van der Waals surface area contributed by atoms with Crippen molar-refractivity contribution in [3.05, 3.63) is 52.1 Å². The Morgan fingerprint density at radius 3 is 2.83 bits per heavy atom. The molecular formula is C32H28ClF5N6O2S. The number of nitriles is 1. The number of ether oxygens (including phenoxy) is 2. The van der Waals surface area contributed by atoms with Crippen LogP contribution in [0.3, 0.4) is 0 Å². The third kappa shape index (κ3) is 4.88. The number of nitrogens with two attached hydrogens (primary N) is 1. The molecule has 8 rings (SSSR count). The zero-order valence-electron chi connectivity index (χ0n) is 24.8. The summed E-state index contributed by atoms with van der Waals surface area (Å²) in [5.41, 5.74) is 5.57. The molecule has 2 saturated heterocycles. The van der Waals surface area contributed by atoms with Gasteiger partial charge in [0.1, 0.15) is 41.7 Å². The van der Waals surface area contributed by atoms with Crippen LogP contribution in [-0.4, -0.2) is 66.2 Å². The van der Waals surface area contributed by atoms with Crippen LogP contribution in [0.4, 0.5) is 32.6 Å². The summed E-state index contributed by atoms with van der Waals surface area (Å²) in [5, 5.41) is 13.2. The minimum atomic E-state index is -2.80. The number of nitrogen functional groups attached to an aromatic ring is 1. The summed E-state index contributed by atoms with van der Waals surface area (Å²) < 4.78 is 87.0. The van der Waals surface area contributed by atoms with Crippen LogP contribution < -0.4 is 15.8 Å². The third-order valence-corrected chi connectivity index (χ3v) is 11.1. The molecule has 3 fully saturated rings. The van der Waals surface area contributed by atoms with Gasteiger partial charge in [-0.2, -0.15) is 5.26 Å². The van der Waals surface area contributed by atoms with Crippen molar-refractivity contribution in [2.24, 2.45) is 10.9 Å². The van der Waals surface area contributed by atoms with Crippen LogP contribution in [0.25, 0.3) is 21.2 Å². The van der Waals surface area contributed by atoms with Crippen molar-refractivity contribution in [2.75, 3.05) is 37.3 Å². The Kier molecular flexibility index (Phi) is 7.23. The predicted molar refractivity (Wildman–Crippen MR) is 168 cm³/mol. The van der Waals surface area contributed by atoms with E-state index < -0.39 is 48.2 Å². The molecule has 0 bridgehead atoms. The van der Waals surface area contributed by atoms with Crippen LogP contribution in [-0.2, 0) is 4.74 Å². The lowest BCUT2D eigenvalue weighted by Gasteiger charge is -2.31. The van der Waals surface area contributed by atoms with E-state index in [9.17, 15) is 22.8 Å². The molecule has 3 N–H and O–H groups in total. The minimum absolute atomic E-state index is 0.000250. The molecule has 246 valence electrons. The predicted octanol–water partition coefficient (Wildman–Crippen LogP) is 7.21. The SMILES string of the molecule is N#Cc1c(N)sc2c(F)ccc(-c3c(F)c4c5c(c3Cl)NC(C3CC3)N=C5N(CC(F)F)C=C(OC[C@@]35CCCN3C[C@H](F)C5)O4)c12. The van der Waals surface area contributed by atoms with Crippen LogP contribution in [0.5, 0.6) is 5.75 Å². The number of hydrogen-bond acceptors (Lipinski definition) is 9. The first-order valence-electron chi connectivity index (χ1n) is 15.4. The van der Waals surface area contributed by atoms with E-state index >= 15 is 4.39 Å². The lowest BCUT2D eigenvalue weighted by atomic mass is 9.94. The Balaban J connectivity index is 1.31. The molecule has 3 atom stereocenters. The van der Waals surface area contributed by atoms with E-state index in [2.05, 4.69) is 5.32 Å². The van der Waals surface area contributed by atoms with Gasteiger partial charge in [0, 0.05) is 23.9 Å². The zero-order valence-corrected chi connectivity index (χ0v) is 26.3. The number of alkyl halides is 3. The molecule has 3 aromatic rings. The molecule has 1 aliphatic carbocycles. The fourth-order valence-electron chi connectivity index (χ4n) is 7.41. The molecule has 1 aromatic heterocycles. The summed E-state index contributed by atoms with van der Waals surface area (Å²) in [7, 11) is 0. The fourth-order valence-corrected chi connectivity index (χ4v) is 8.69. The van der Waals surface area contributed by atoms with Crippen molar-refractivity contribution in [3.63, 3.8) is 0 Å². The van der Waals surface area contributed by atoms with E-state index in [0.717, 1.165) is 36.7 Å². The largest absolute Gasteiger partial charge is 0.462 e. The van der Waals surface area contributed by atoms with Gasteiger partial charge in [0.2, 0.25) is 0 Å². The van der Waals surface area contributed by atoms with Gasteiger partial charge in [0.05, 0.1) is 44.8 Å². The van der Waals surface area contributed by atoms with Crippen LogP contribution in [0.2, 0.25) is 5.02 Å². The summed E-state index contributed by atoms with van der Waals surface area (Å²) >= 11 is 7.87. The molecule has 8 nitrogen and oxygen atoms in total. The van der Waals surface area contributed by atoms with Gasteiger partial charge < -0.3 is 25.4 Å². The molecular weight excluding hydrogens is 663 g/mol. The van der Waals surface area contributed by atoms with Crippen LogP contribution in [0.15, 0.2) is 29.3 Å². The highest BCUT2D eigenvalue weighted by atomic mass is 35.5. The number of hydrogen-bond donors (Lipinski definition) is 2. The first kappa shape index (κ1) is 30.5. The van der Waals surface area contributed by atoms with Gasteiger partial charge in [-0.05, 0) is 49.8 Å². The highest BCUT2D eigenvalue weighted by Gasteiger charge is 2.50. The Morgan fingerprint density at radius 2 is 2.09 bits per heavy atom. The quantitative estimate of drug-likeness (QED) is 0.253. The molecule has 1 saturated carbocycles. The average Bonchev–Trinajstić information content (AvgIpc) is 3.66. The van der Waals surface area contributed by atoms with E-state index in [1.807, 2.05) is 11.0 Å².